The minimum Gasteiger partial charge on any atom is -0.354 e. The van der Waals surface area contributed by atoms with Gasteiger partial charge in [0.1, 0.15) is 5.82 Å². The van der Waals surface area contributed by atoms with E-state index >= 15 is 0 Å². The van der Waals surface area contributed by atoms with Crippen LogP contribution >= 0.6 is 11.8 Å². The molecule has 0 radical (unpaired) electrons. The number of benzene rings is 1. The van der Waals surface area contributed by atoms with E-state index < -0.39 is 0 Å². The lowest BCUT2D eigenvalue weighted by Crippen LogP contribution is -2.37. The van der Waals surface area contributed by atoms with Gasteiger partial charge in [0.15, 0.2) is 0 Å². The predicted molar refractivity (Wildman–Crippen MR) is 98.7 cm³/mol. The summed E-state index contributed by atoms with van der Waals surface area (Å²) >= 11 is 0.858. The average Bonchev–Trinajstić information content (AvgIpc) is 3.20. The lowest BCUT2D eigenvalue weighted by Gasteiger charge is -2.14. The van der Waals surface area contributed by atoms with E-state index in [-0.39, 0.29) is 36.0 Å². The Hall–Kier alpha value is -2.15. The number of hydrogen-bond donors (Lipinski definition) is 1. The van der Waals surface area contributed by atoms with Crippen LogP contribution < -0.4 is 5.32 Å². The molecule has 5 nitrogen and oxygen atoms in total. The first-order chi connectivity index (χ1) is 12.5. The van der Waals surface area contributed by atoms with Crippen molar-refractivity contribution in [1.29, 1.82) is 0 Å². The molecule has 26 heavy (non-hydrogen) atoms. The second-order valence-electron chi connectivity index (χ2n) is 6.59. The quantitative estimate of drug-likeness (QED) is 0.771. The Morgan fingerprint density at radius 3 is 2.62 bits per heavy atom. The number of rotatable bonds is 6. The first-order valence-electron chi connectivity index (χ1n) is 8.80. The molecule has 3 amide bonds. The fourth-order valence-electron chi connectivity index (χ4n) is 3.26. The number of hydrogen-bond acceptors (Lipinski definition) is 4. The average molecular weight is 376 g/mol. The number of carbonyl (C=O) groups excluding carboxylic acids is 3. The van der Waals surface area contributed by atoms with Crippen LogP contribution in [0, 0.1) is 11.7 Å². The molecule has 1 saturated heterocycles. The number of thioether (sulfide) groups is 1. The van der Waals surface area contributed by atoms with E-state index in [0.29, 0.717) is 22.8 Å². The molecule has 7 heteroatoms. The van der Waals surface area contributed by atoms with Crippen LogP contribution in [-0.2, 0) is 9.59 Å². The highest BCUT2D eigenvalue weighted by molar-refractivity contribution is 8.18. The van der Waals surface area contributed by atoms with Crippen molar-refractivity contribution in [3.63, 3.8) is 0 Å². The van der Waals surface area contributed by atoms with E-state index in [1.807, 2.05) is 0 Å². The molecule has 0 spiro atoms. The molecule has 1 aliphatic carbocycles. The van der Waals surface area contributed by atoms with Gasteiger partial charge in [0, 0.05) is 19.5 Å². The first-order valence-corrected chi connectivity index (χ1v) is 9.62. The molecule has 1 saturated carbocycles. The first kappa shape index (κ1) is 18.6. The molecular formula is C19H21FN2O3S. The molecule has 1 aromatic rings. The van der Waals surface area contributed by atoms with Crippen molar-refractivity contribution in [2.45, 2.75) is 32.1 Å². The molecule has 138 valence electrons. The van der Waals surface area contributed by atoms with Gasteiger partial charge in [-0.3, -0.25) is 19.3 Å². The third kappa shape index (κ3) is 4.72. The number of nitrogens with one attached hydrogen (secondary N) is 1. The molecular weight excluding hydrogens is 355 g/mol. The molecule has 2 fully saturated rings. The highest BCUT2D eigenvalue weighted by atomic mass is 32.2. The molecule has 0 aromatic heterocycles. The van der Waals surface area contributed by atoms with Gasteiger partial charge in [-0.05, 0) is 54.3 Å². The number of halogens is 1. The fourth-order valence-corrected chi connectivity index (χ4v) is 4.12. The zero-order chi connectivity index (χ0) is 18.5. The predicted octanol–water partition coefficient (Wildman–Crippen LogP) is 3.56. The fraction of sp³-hybridized carbons (Fsp3) is 0.421. The van der Waals surface area contributed by atoms with E-state index in [1.54, 1.807) is 18.2 Å². The van der Waals surface area contributed by atoms with E-state index in [4.69, 9.17) is 0 Å². The van der Waals surface area contributed by atoms with E-state index in [2.05, 4.69) is 5.32 Å². The van der Waals surface area contributed by atoms with Crippen molar-refractivity contribution >= 4 is 34.9 Å². The summed E-state index contributed by atoms with van der Waals surface area (Å²) in [6.45, 7) is 0.412. The highest BCUT2D eigenvalue weighted by Crippen LogP contribution is 2.32. The zero-order valence-corrected chi connectivity index (χ0v) is 15.2. The van der Waals surface area contributed by atoms with Crippen molar-refractivity contribution in [2.75, 3.05) is 13.1 Å². The van der Waals surface area contributed by atoms with E-state index in [0.717, 1.165) is 29.5 Å². The van der Waals surface area contributed by atoms with Gasteiger partial charge in [0.25, 0.3) is 11.1 Å². The summed E-state index contributed by atoms with van der Waals surface area (Å²) in [6, 6.07) is 5.70. The Morgan fingerprint density at radius 1 is 1.23 bits per heavy atom. The molecule has 3 rings (SSSR count). The summed E-state index contributed by atoms with van der Waals surface area (Å²) in [4.78, 5) is 37.8. The number of nitrogens with zero attached hydrogens (tertiary/aromatic N) is 1. The van der Waals surface area contributed by atoms with Crippen LogP contribution in [0.25, 0.3) is 6.08 Å². The maximum absolute atomic E-state index is 12.9. The maximum atomic E-state index is 12.9. The van der Waals surface area contributed by atoms with Crippen LogP contribution in [0.3, 0.4) is 0 Å². The molecule has 1 aromatic carbocycles. The standard InChI is InChI=1S/C19H21FN2O3S/c20-15-7-5-14(6-8-15)11-16-18(24)22(19(25)26-16)10-9-21-17(23)12-13-3-1-2-4-13/h5-8,11,13H,1-4,9-10,12H2,(H,21,23)/b16-11+. The molecule has 1 aliphatic heterocycles. The summed E-state index contributed by atoms with van der Waals surface area (Å²) in [6.07, 6.45) is 6.68. The van der Waals surface area contributed by atoms with Gasteiger partial charge in [-0.15, -0.1) is 0 Å². The van der Waals surface area contributed by atoms with Gasteiger partial charge < -0.3 is 5.32 Å². The Kier molecular flexibility index (Phi) is 6.08. The second-order valence-corrected chi connectivity index (χ2v) is 7.58. The summed E-state index contributed by atoms with van der Waals surface area (Å²) in [7, 11) is 0. The number of imide groups is 1. The van der Waals surface area contributed by atoms with E-state index in [1.165, 1.54) is 25.0 Å². The third-order valence-corrected chi connectivity index (χ3v) is 5.56. The minimum atomic E-state index is -0.380. The van der Waals surface area contributed by atoms with Crippen molar-refractivity contribution < 1.29 is 18.8 Å². The summed E-state index contributed by atoms with van der Waals surface area (Å²) in [5.41, 5.74) is 0.654. The topological polar surface area (TPSA) is 66.5 Å². The van der Waals surface area contributed by atoms with Crippen LogP contribution in [0.4, 0.5) is 9.18 Å². The SMILES string of the molecule is O=C(CC1CCCC1)NCCN1C(=O)S/C(=C/c2ccc(F)cc2)C1=O. The van der Waals surface area contributed by atoms with Crippen LogP contribution in [0.2, 0.25) is 0 Å². The summed E-state index contributed by atoms with van der Waals surface area (Å²) in [5, 5.41) is 2.44. The minimum absolute atomic E-state index is 0.0225. The monoisotopic (exact) mass is 376 g/mol. The lowest BCUT2D eigenvalue weighted by molar-refractivity contribution is -0.124. The van der Waals surface area contributed by atoms with Gasteiger partial charge in [-0.1, -0.05) is 25.0 Å². The number of amides is 3. The Bertz CT molecular complexity index is 727. The van der Waals surface area contributed by atoms with Crippen LogP contribution in [0.1, 0.15) is 37.7 Å². The van der Waals surface area contributed by atoms with E-state index in [9.17, 15) is 18.8 Å². The number of carbonyl (C=O) groups is 3. The Labute approximate surface area is 156 Å². The Balaban J connectivity index is 1.50. The third-order valence-electron chi connectivity index (χ3n) is 4.65. The Morgan fingerprint density at radius 2 is 1.92 bits per heavy atom. The van der Waals surface area contributed by atoms with Crippen molar-refractivity contribution in [3.05, 3.63) is 40.6 Å². The molecule has 0 bridgehead atoms. The van der Waals surface area contributed by atoms with Gasteiger partial charge in [-0.2, -0.15) is 0 Å². The molecule has 0 atom stereocenters. The zero-order valence-electron chi connectivity index (χ0n) is 14.4. The van der Waals surface area contributed by atoms with Crippen LogP contribution in [-0.4, -0.2) is 35.0 Å². The van der Waals surface area contributed by atoms with Crippen LogP contribution in [0.15, 0.2) is 29.2 Å². The lowest BCUT2D eigenvalue weighted by atomic mass is 10.0. The van der Waals surface area contributed by atoms with Gasteiger partial charge >= 0.3 is 0 Å². The smallest absolute Gasteiger partial charge is 0.293 e. The second kappa shape index (κ2) is 8.49. The summed E-state index contributed by atoms with van der Waals surface area (Å²) < 4.78 is 12.9. The van der Waals surface area contributed by atoms with Gasteiger partial charge in [0.05, 0.1) is 4.91 Å². The van der Waals surface area contributed by atoms with Crippen molar-refractivity contribution in [3.8, 4) is 0 Å². The van der Waals surface area contributed by atoms with Crippen molar-refractivity contribution in [1.82, 2.24) is 10.2 Å². The molecule has 1 heterocycles. The highest BCUT2D eigenvalue weighted by Gasteiger charge is 2.34. The molecule has 1 N–H and O–H groups in total. The van der Waals surface area contributed by atoms with Crippen LogP contribution in [0.5, 0.6) is 0 Å². The molecule has 0 unspecified atom stereocenters. The largest absolute Gasteiger partial charge is 0.354 e. The summed E-state index contributed by atoms with van der Waals surface area (Å²) in [5.74, 6) is -0.297. The molecule has 2 aliphatic rings. The van der Waals surface area contributed by atoms with Crippen molar-refractivity contribution in [2.24, 2.45) is 5.92 Å². The maximum Gasteiger partial charge on any atom is 0.293 e. The van der Waals surface area contributed by atoms with Gasteiger partial charge in [0.2, 0.25) is 5.91 Å². The normalized spacial score (nSPS) is 19.6. The van der Waals surface area contributed by atoms with Gasteiger partial charge in [-0.25, -0.2) is 4.39 Å².